The summed E-state index contributed by atoms with van der Waals surface area (Å²) in [6, 6.07) is 13.3. The summed E-state index contributed by atoms with van der Waals surface area (Å²) in [7, 11) is 0. The van der Waals surface area contributed by atoms with Crippen LogP contribution >= 0.6 is 11.6 Å². The van der Waals surface area contributed by atoms with Gasteiger partial charge in [-0.3, -0.25) is 10.1 Å². The summed E-state index contributed by atoms with van der Waals surface area (Å²) in [4.78, 5) is 12.0. The van der Waals surface area contributed by atoms with Crippen LogP contribution in [0.3, 0.4) is 0 Å². The zero-order valence-electron chi connectivity index (χ0n) is 13.8. The first-order chi connectivity index (χ1) is 12.5. The Morgan fingerprint density at radius 2 is 1.69 bits per heavy atom. The van der Waals surface area contributed by atoms with Gasteiger partial charge in [0.15, 0.2) is 0 Å². The molecule has 26 heavy (non-hydrogen) atoms. The maximum Gasteiger partial charge on any atom is 0.307 e. The van der Waals surface area contributed by atoms with Crippen LogP contribution in [0.4, 0.5) is 4.39 Å². The normalized spacial score (nSPS) is 30.8. The molecular formula is C19H19ClFN3O2. The molecule has 0 spiro atoms. The Labute approximate surface area is 155 Å². The van der Waals surface area contributed by atoms with Gasteiger partial charge in [0.25, 0.3) is 0 Å². The Balaban J connectivity index is 1.61. The topological polar surface area (TPSA) is 73.4 Å². The van der Waals surface area contributed by atoms with Crippen molar-refractivity contribution in [1.29, 1.82) is 0 Å². The van der Waals surface area contributed by atoms with Crippen LogP contribution in [0.15, 0.2) is 48.5 Å². The molecule has 5 atom stereocenters. The molecule has 7 heteroatoms. The molecule has 2 aliphatic heterocycles. The number of hydrogen-bond donors (Lipinski definition) is 4. The van der Waals surface area contributed by atoms with Gasteiger partial charge in [0, 0.05) is 17.0 Å². The molecule has 0 aromatic heterocycles. The van der Waals surface area contributed by atoms with Gasteiger partial charge in [0.2, 0.25) is 0 Å². The largest absolute Gasteiger partial charge is 0.481 e. The van der Waals surface area contributed by atoms with E-state index in [1.54, 1.807) is 24.3 Å². The van der Waals surface area contributed by atoms with Crippen LogP contribution in [-0.4, -0.2) is 17.2 Å². The number of hydrazine groups is 1. The fourth-order valence-corrected chi connectivity index (χ4v) is 4.17. The molecule has 0 amide bonds. The molecule has 5 nitrogen and oxygen atoms in total. The summed E-state index contributed by atoms with van der Waals surface area (Å²) >= 11 is 5.96. The molecule has 0 bridgehead atoms. The van der Waals surface area contributed by atoms with Gasteiger partial charge in [-0.2, -0.15) is 0 Å². The van der Waals surface area contributed by atoms with Gasteiger partial charge in [-0.15, -0.1) is 0 Å². The first-order valence-corrected chi connectivity index (χ1v) is 8.91. The van der Waals surface area contributed by atoms with Crippen molar-refractivity contribution in [2.75, 3.05) is 0 Å². The number of nitrogens with one attached hydrogen (secondary N) is 3. The van der Waals surface area contributed by atoms with Crippen LogP contribution in [0.25, 0.3) is 0 Å². The Morgan fingerprint density at radius 1 is 1.04 bits per heavy atom. The lowest BCUT2D eigenvalue weighted by Gasteiger charge is -2.39. The molecule has 4 N–H and O–H groups in total. The van der Waals surface area contributed by atoms with Crippen molar-refractivity contribution in [1.82, 2.24) is 16.2 Å². The van der Waals surface area contributed by atoms with Crippen molar-refractivity contribution < 1.29 is 14.3 Å². The van der Waals surface area contributed by atoms with E-state index in [2.05, 4.69) is 16.2 Å². The van der Waals surface area contributed by atoms with Gasteiger partial charge in [0.05, 0.1) is 18.1 Å². The standard InChI is InChI=1S/C19H19ClFN3O2/c20-12-5-1-11(2-6-12)17-16-14(19(25)26)9-15(22-18(16)24-23-17)10-3-7-13(21)8-4-10/h1-8,14-18,22-24H,9H2,(H,25,26). The fourth-order valence-electron chi connectivity index (χ4n) is 4.05. The average Bonchev–Trinajstić information content (AvgIpc) is 3.06. The minimum Gasteiger partial charge on any atom is -0.481 e. The van der Waals surface area contributed by atoms with Crippen molar-refractivity contribution in [3.8, 4) is 0 Å². The number of fused-ring (bicyclic) bond motifs is 1. The SMILES string of the molecule is O=C(O)C1CC(c2ccc(F)cc2)NC2NNC(c3ccc(Cl)cc3)C21. The highest BCUT2D eigenvalue weighted by Crippen LogP contribution is 2.42. The highest BCUT2D eigenvalue weighted by molar-refractivity contribution is 6.30. The lowest BCUT2D eigenvalue weighted by Crippen LogP contribution is -2.53. The van der Waals surface area contributed by atoms with Crippen molar-refractivity contribution in [3.05, 3.63) is 70.5 Å². The van der Waals surface area contributed by atoms with E-state index in [1.165, 1.54) is 12.1 Å². The lowest BCUT2D eigenvalue weighted by atomic mass is 9.75. The maximum atomic E-state index is 13.2. The van der Waals surface area contributed by atoms with Crippen molar-refractivity contribution >= 4 is 17.6 Å². The highest BCUT2D eigenvalue weighted by Gasteiger charge is 2.49. The molecule has 2 aromatic carbocycles. The van der Waals surface area contributed by atoms with Crippen LogP contribution in [0, 0.1) is 17.7 Å². The van der Waals surface area contributed by atoms with Crippen molar-refractivity contribution in [3.63, 3.8) is 0 Å². The van der Waals surface area contributed by atoms with E-state index in [-0.39, 0.29) is 30.0 Å². The first kappa shape index (κ1) is 17.4. The Bertz CT molecular complexity index is 799. The molecule has 136 valence electrons. The van der Waals surface area contributed by atoms with Gasteiger partial charge < -0.3 is 5.11 Å². The quantitative estimate of drug-likeness (QED) is 0.663. The number of hydrogen-bond acceptors (Lipinski definition) is 4. The van der Waals surface area contributed by atoms with Gasteiger partial charge in [-0.25, -0.2) is 15.2 Å². The van der Waals surface area contributed by atoms with Gasteiger partial charge in [0.1, 0.15) is 5.82 Å². The Morgan fingerprint density at radius 3 is 2.35 bits per heavy atom. The van der Waals surface area contributed by atoms with Crippen LogP contribution in [0.5, 0.6) is 0 Å². The average molecular weight is 376 g/mol. The third-order valence-corrected chi connectivity index (χ3v) is 5.57. The highest BCUT2D eigenvalue weighted by atomic mass is 35.5. The predicted octanol–water partition coefficient (Wildman–Crippen LogP) is 3.01. The number of aliphatic carboxylic acids is 1. The molecule has 0 radical (unpaired) electrons. The zero-order chi connectivity index (χ0) is 18.3. The second-order valence-corrected chi connectivity index (χ2v) is 7.26. The zero-order valence-corrected chi connectivity index (χ0v) is 14.6. The van der Waals surface area contributed by atoms with Gasteiger partial charge in [-0.05, 0) is 41.8 Å². The molecule has 0 saturated carbocycles. The summed E-state index contributed by atoms with van der Waals surface area (Å²) < 4.78 is 13.2. The summed E-state index contributed by atoms with van der Waals surface area (Å²) in [6.45, 7) is 0. The van der Waals surface area contributed by atoms with E-state index in [0.29, 0.717) is 11.4 Å². The van der Waals surface area contributed by atoms with E-state index in [0.717, 1.165) is 11.1 Å². The minimum absolute atomic E-state index is 0.139. The monoisotopic (exact) mass is 375 g/mol. The molecular weight excluding hydrogens is 357 g/mol. The Kier molecular flexibility index (Phi) is 4.67. The molecule has 2 heterocycles. The van der Waals surface area contributed by atoms with Crippen LogP contribution in [0.2, 0.25) is 5.02 Å². The summed E-state index contributed by atoms with van der Waals surface area (Å²) in [6.07, 6.45) is 0.232. The maximum absolute atomic E-state index is 13.2. The predicted molar refractivity (Wildman–Crippen MR) is 95.8 cm³/mol. The molecule has 2 aliphatic rings. The number of benzene rings is 2. The summed E-state index contributed by atoms with van der Waals surface area (Å²) in [5, 5.41) is 13.9. The third-order valence-electron chi connectivity index (χ3n) is 5.32. The van der Waals surface area contributed by atoms with Gasteiger partial charge >= 0.3 is 5.97 Å². The number of carbonyl (C=O) groups is 1. The minimum atomic E-state index is -0.821. The molecule has 0 aliphatic carbocycles. The smallest absolute Gasteiger partial charge is 0.307 e. The van der Waals surface area contributed by atoms with Crippen molar-refractivity contribution in [2.24, 2.45) is 11.8 Å². The number of carboxylic acid groups (broad SMARTS) is 1. The van der Waals surface area contributed by atoms with E-state index in [9.17, 15) is 14.3 Å². The molecule has 4 rings (SSSR count). The summed E-state index contributed by atoms with van der Waals surface area (Å²) in [5.74, 6) is -1.83. The number of piperidine rings is 1. The van der Waals surface area contributed by atoms with E-state index < -0.39 is 11.9 Å². The van der Waals surface area contributed by atoms with E-state index in [4.69, 9.17) is 11.6 Å². The second-order valence-electron chi connectivity index (χ2n) is 6.82. The third kappa shape index (κ3) is 3.21. The van der Waals surface area contributed by atoms with Gasteiger partial charge in [-0.1, -0.05) is 35.9 Å². The molecule has 5 unspecified atom stereocenters. The molecule has 2 saturated heterocycles. The Hall–Kier alpha value is -1.99. The number of carboxylic acids is 1. The van der Waals surface area contributed by atoms with Crippen LogP contribution in [-0.2, 0) is 4.79 Å². The van der Waals surface area contributed by atoms with Crippen LogP contribution < -0.4 is 16.2 Å². The molecule has 2 aromatic rings. The number of rotatable bonds is 3. The summed E-state index contributed by atoms with van der Waals surface area (Å²) in [5.41, 5.74) is 8.28. The second kappa shape index (κ2) is 6.96. The lowest BCUT2D eigenvalue weighted by molar-refractivity contribution is -0.146. The van der Waals surface area contributed by atoms with E-state index in [1.807, 2.05) is 12.1 Å². The number of halogens is 2. The first-order valence-electron chi connectivity index (χ1n) is 8.54. The van der Waals surface area contributed by atoms with Crippen LogP contribution in [0.1, 0.15) is 29.6 Å². The van der Waals surface area contributed by atoms with E-state index >= 15 is 0 Å². The molecule has 2 fully saturated rings. The fraction of sp³-hybridized carbons (Fsp3) is 0.316. The van der Waals surface area contributed by atoms with Crippen molar-refractivity contribution in [2.45, 2.75) is 24.7 Å².